The lowest BCUT2D eigenvalue weighted by Crippen LogP contribution is -2.44. The van der Waals surface area contributed by atoms with E-state index in [-0.39, 0.29) is 5.56 Å². The van der Waals surface area contributed by atoms with Crippen LogP contribution in [0.1, 0.15) is 45.5 Å². The number of hydrogen-bond donors (Lipinski definition) is 0. The largest absolute Gasteiger partial charge is 0.465 e. The van der Waals surface area contributed by atoms with Gasteiger partial charge in [0, 0.05) is 12.1 Å². The van der Waals surface area contributed by atoms with Gasteiger partial charge in [0.2, 0.25) is 0 Å². The summed E-state index contributed by atoms with van der Waals surface area (Å²) in [5, 5.41) is -0.939. The molecule has 0 fully saturated rings. The number of fused-ring (bicyclic) bond motifs is 1. The zero-order valence-electron chi connectivity index (χ0n) is 16.4. The highest BCUT2D eigenvalue weighted by Crippen LogP contribution is 2.49. The number of ether oxygens (including phenoxy) is 1. The Kier molecular flexibility index (Phi) is 5.54. The highest BCUT2D eigenvalue weighted by molar-refractivity contribution is 6.35. The first-order valence-corrected chi connectivity index (χ1v) is 10.3. The average molecular weight is 474 g/mol. The van der Waals surface area contributed by atoms with Crippen molar-refractivity contribution >= 4 is 34.9 Å². The molecule has 0 saturated heterocycles. The summed E-state index contributed by atoms with van der Waals surface area (Å²) in [5.74, 6) is -1.43. The van der Waals surface area contributed by atoms with Crippen LogP contribution in [0.4, 0.5) is 17.6 Å². The summed E-state index contributed by atoms with van der Waals surface area (Å²) in [5.41, 5.74) is 0.360. The summed E-state index contributed by atoms with van der Waals surface area (Å²) < 4.78 is 61.6. The number of nitrogens with zero attached hydrogens (tertiary/aromatic N) is 1. The molecule has 1 aliphatic heterocycles. The van der Waals surface area contributed by atoms with Crippen LogP contribution in [0.5, 0.6) is 0 Å². The van der Waals surface area contributed by atoms with E-state index in [9.17, 15) is 22.4 Å². The van der Waals surface area contributed by atoms with Crippen molar-refractivity contribution in [2.75, 3.05) is 13.7 Å². The van der Waals surface area contributed by atoms with Crippen LogP contribution in [0, 0.1) is 5.82 Å². The predicted molar refractivity (Wildman–Crippen MR) is 110 cm³/mol. The topological polar surface area (TPSA) is 38.7 Å². The van der Waals surface area contributed by atoms with E-state index >= 15 is 0 Å². The Morgan fingerprint density at radius 3 is 2.39 bits per heavy atom. The molecule has 0 amide bonds. The second-order valence-electron chi connectivity index (χ2n) is 7.74. The van der Waals surface area contributed by atoms with Crippen LogP contribution < -0.4 is 0 Å². The third kappa shape index (κ3) is 3.52. The third-order valence-electron chi connectivity index (χ3n) is 6.09. The lowest BCUT2D eigenvalue weighted by atomic mass is 9.76. The number of esters is 1. The monoisotopic (exact) mass is 473 g/mol. The van der Waals surface area contributed by atoms with Gasteiger partial charge >= 0.3 is 12.1 Å². The Bertz CT molecular complexity index is 1090. The molecule has 4 rings (SSSR count). The molecule has 3 nitrogen and oxygen atoms in total. The van der Waals surface area contributed by atoms with Crippen LogP contribution in [0.15, 0.2) is 29.3 Å². The summed E-state index contributed by atoms with van der Waals surface area (Å²) in [7, 11) is 1.29. The molecule has 0 radical (unpaired) electrons. The maximum Gasteiger partial charge on any atom is 0.400 e. The van der Waals surface area contributed by atoms with Crippen LogP contribution in [-0.4, -0.2) is 31.5 Å². The van der Waals surface area contributed by atoms with Crippen LogP contribution in [0.25, 0.3) is 0 Å². The molecule has 164 valence electrons. The molecule has 1 aliphatic carbocycles. The van der Waals surface area contributed by atoms with E-state index in [0.29, 0.717) is 29.7 Å². The summed E-state index contributed by atoms with van der Waals surface area (Å²) in [6.45, 7) is -0.558. The zero-order valence-corrected chi connectivity index (χ0v) is 17.9. The molecular formula is C22H17Cl2F4NO2. The SMILES string of the molecule is COC(=O)c1ccc(C2=NCC(c3cc(Cl)c(F)c(Cl)c3)(C(F)(F)F)C2)c2c1CCC2. The molecule has 1 unspecified atom stereocenters. The molecular weight excluding hydrogens is 457 g/mol. The molecule has 1 heterocycles. The Labute approximate surface area is 186 Å². The standard InChI is InChI=1S/C22H17Cl2F4NO2/c1-31-20(30)15-6-5-14(12-3-2-4-13(12)15)18-9-21(10-29-18,22(26,27)28)11-7-16(23)19(25)17(24)8-11/h5-8H,2-4,9-10H2,1H3. The number of halogens is 6. The molecule has 2 aromatic rings. The number of carbonyl (C=O) groups excluding carboxylic acids is 1. The summed E-state index contributed by atoms with van der Waals surface area (Å²) in [6.07, 6.45) is -3.02. The second-order valence-corrected chi connectivity index (χ2v) is 8.55. The van der Waals surface area contributed by atoms with Gasteiger partial charge in [-0.15, -0.1) is 0 Å². The minimum Gasteiger partial charge on any atom is -0.465 e. The van der Waals surface area contributed by atoms with Crippen molar-refractivity contribution in [3.63, 3.8) is 0 Å². The van der Waals surface area contributed by atoms with E-state index in [4.69, 9.17) is 27.9 Å². The van der Waals surface area contributed by atoms with Gasteiger partial charge in [-0.1, -0.05) is 29.3 Å². The highest BCUT2D eigenvalue weighted by Gasteiger charge is 2.58. The third-order valence-corrected chi connectivity index (χ3v) is 6.64. The number of alkyl halides is 3. The first-order chi connectivity index (χ1) is 14.6. The first kappa shape index (κ1) is 22.1. The van der Waals surface area contributed by atoms with Gasteiger partial charge < -0.3 is 4.74 Å². The normalized spacial score (nSPS) is 20.5. The van der Waals surface area contributed by atoms with Gasteiger partial charge in [-0.05, 0) is 59.7 Å². The molecule has 31 heavy (non-hydrogen) atoms. The second kappa shape index (κ2) is 7.78. The molecule has 0 saturated carbocycles. The van der Waals surface area contributed by atoms with Crippen molar-refractivity contribution in [2.24, 2.45) is 4.99 Å². The summed E-state index contributed by atoms with van der Waals surface area (Å²) in [6, 6.07) is 5.15. The van der Waals surface area contributed by atoms with Gasteiger partial charge in [-0.2, -0.15) is 13.2 Å². The van der Waals surface area contributed by atoms with Gasteiger partial charge in [-0.3, -0.25) is 4.99 Å². The number of carbonyl (C=O) groups is 1. The molecule has 0 N–H and O–H groups in total. The fourth-order valence-electron chi connectivity index (χ4n) is 4.46. The summed E-state index contributed by atoms with van der Waals surface area (Å²) >= 11 is 11.6. The van der Waals surface area contributed by atoms with Crippen molar-refractivity contribution in [1.82, 2.24) is 0 Å². The molecule has 1 atom stereocenters. The number of hydrogen-bond acceptors (Lipinski definition) is 3. The number of benzene rings is 2. The van der Waals surface area contributed by atoms with Gasteiger partial charge in [-0.25, -0.2) is 9.18 Å². The summed E-state index contributed by atoms with van der Waals surface area (Å²) in [4.78, 5) is 16.3. The van der Waals surface area contributed by atoms with E-state index in [0.717, 1.165) is 29.7 Å². The van der Waals surface area contributed by atoms with Crippen LogP contribution in [0.3, 0.4) is 0 Å². The molecule has 2 aliphatic rings. The molecule has 0 spiro atoms. The molecule has 2 aromatic carbocycles. The zero-order chi connectivity index (χ0) is 22.6. The van der Waals surface area contributed by atoms with E-state index in [1.165, 1.54) is 7.11 Å². The number of rotatable bonds is 3. The van der Waals surface area contributed by atoms with Crippen molar-refractivity contribution < 1.29 is 27.1 Å². The van der Waals surface area contributed by atoms with Gasteiger partial charge in [0.25, 0.3) is 0 Å². The minimum absolute atomic E-state index is 0.224. The lowest BCUT2D eigenvalue weighted by molar-refractivity contribution is -0.183. The van der Waals surface area contributed by atoms with Gasteiger partial charge in [0.1, 0.15) is 5.41 Å². The molecule has 9 heteroatoms. The Balaban J connectivity index is 1.78. The molecule has 0 bridgehead atoms. The number of methoxy groups -OCH3 is 1. The highest BCUT2D eigenvalue weighted by atomic mass is 35.5. The minimum atomic E-state index is -4.67. The Hall–Kier alpha value is -2.12. The van der Waals surface area contributed by atoms with Crippen molar-refractivity contribution in [3.8, 4) is 0 Å². The van der Waals surface area contributed by atoms with E-state index < -0.39 is 46.4 Å². The first-order valence-electron chi connectivity index (χ1n) is 9.57. The fraction of sp³-hybridized carbons (Fsp3) is 0.364. The predicted octanol–water partition coefficient (Wildman–Crippen LogP) is 6.10. The lowest BCUT2D eigenvalue weighted by Gasteiger charge is -2.32. The Morgan fingerprint density at radius 2 is 1.77 bits per heavy atom. The maximum atomic E-state index is 14.3. The van der Waals surface area contributed by atoms with E-state index in [1.807, 2.05) is 0 Å². The smallest absolute Gasteiger partial charge is 0.400 e. The van der Waals surface area contributed by atoms with Gasteiger partial charge in [0.05, 0.1) is 29.3 Å². The van der Waals surface area contributed by atoms with Crippen LogP contribution in [0.2, 0.25) is 10.0 Å². The van der Waals surface area contributed by atoms with Crippen molar-refractivity contribution in [2.45, 2.75) is 37.3 Å². The number of aliphatic imine (C=N–C) groups is 1. The quantitative estimate of drug-likeness (QED) is 0.306. The maximum absolute atomic E-state index is 14.3. The Morgan fingerprint density at radius 1 is 1.13 bits per heavy atom. The average Bonchev–Trinajstić information content (AvgIpc) is 3.38. The van der Waals surface area contributed by atoms with Crippen molar-refractivity contribution in [1.29, 1.82) is 0 Å². The van der Waals surface area contributed by atoms with E-state index in [2.05, 4.69) is 4.99 Å². The van der Waals surface area contributed by atoms with Crippen LogP contribution in [-0.2, 0) is 23.0 Å². The fourth-order valence-corrected chi connectivity index (χ4v) is 4.95. The van der Waals surface area contributed by atoms with E-state index in [1.54, 1.807) is 12.1 Å². The van der Waals surface area contributed by atoms with Gasteiger partial charge in [0.15, 0.2) is 5.82 Å². The molecule has 0 aromatic heterocycles. The van der Waals surface area contributed by atoms with Crippen molar-refractivity contribution in [3.05, 3.63) is 67.9 Å². The van der Waals surface area contributed by atoms with Crippen LogP contribution >= 0.6 is 23.2 Å².